The maximum absolute atomic E-state index is 12.7. The highest BCUT2D eigenvalue weighted by Gasteiger charge is 2.26. The Morgan fingerprint density at radius 2 is 1.61 bits per heavy atom. The fourth-order valence-corrected chi connectivity index (χ4v) is 5.34. The Morgan fingerprint density at radius 3 is 2.24 bits per heavy atom. The molecule has 176 valence electrons. The highest BCUT2D eigenvalue weighted by Crippen LogP contribution is 2.19. The lowest BCUT2D eigenvalue weighted by Crippen LogP contribution is -2.40. The van der Waals surface area contributed by atoms with Crippen LogP contribution >= 0.6 is 0 Å². The second kappa shape index (κ2) is 9.46. The number of carbonyl (C=O) groups excluding carboxylic acids is 2. The number of aryl methyl sites for hydroxylation is 1. The van der Waals surface area contributed by atoms with E-state index < -0.39 is 21.5 Å². The lowest BCUT2D eigenvalue weighted by atomic mass is 10.2. The van der Waals surface area contributed by atoms with Crippen LogP contribution in [0.2, 0.25) is 0 Å². The van der Waals surface area contributed by atoms with Crippen molar-refractivity contribution in [3.8, 4) is 0 Å². The van der Waals surface area contributed by atoms with Gasteiger partial charge in [0.2, 0.25) is 10.0 Å². The number of anilines is 1. The summed E-state index contributed by atoms with van der Waals surface area (Å²) in [5.41, 5.74) is 0.0425. The number of rotatable bonds is 5. The molecule has 0 saturated carbocycles. The minimum atomic E-state index is -3.67. The standard InChI is InChI=1S/C22H26N4O6S/c1-24-15-17(21(28)25-8-2-3-9-25)14-19(22(24)29)23-20(27)16-4-6-18(7-5-16)33(30,31)26-10-12-32-13-11-26/h4-7,14-15H,2-3,8-13H2,1H3,(H,23,27). The van der Waals surface area contributed by atoms with Crippen LogP contribution in [0.3, 0.4) is 0 Å². The SMILES string of the molecule is Cn1cc(C(=O)N2CCCC2)cc(NC(=O)c2ccc(S(=O)(=O)N3CCOCC3)cc2)c1=O. The summed E-state index contributed by atoms with van der Waals surface area (Å²) in [6.07, 6.45) is 3.35. The predicted octanol–water partition coefficient (Wildman–Crippen LogP) is 0.895. The Labute approximate surface area is 191 Å². The normalized spacial score (nSPS) is 17.2. The van der Waals surface area contributed by atoms with Crippen molar-refractivity contribution >= 4 is 27.5 Å². The smallest absolute Gasteiger partial charge is 0.274 e. The van der Waals surface area contributed by atoms with Crippen molar-refractivity contribution in [2.75, 3.05) is 44.7 Å². The first-order chi connectivity index (χ1) is 15.8. The summed E-state index contributed by atoms with van der Waals surface area (Å²) < 4.78 is 33.3. The molecule has 11 heteroatoms. The lowest BCUT2D eigenvalue weighted by Gasteiger charge is -2.26. The molecule has 1 aromatic heterocycles. The number of nitrogens with zero attached hydrogens (tertiary/aromatic N) is 3. The fourth-order valence-electron chi connectivity index (χ4n) is 3.93. The van der Waals surface area contributed by atoms with Gasteiger partial charge in [0.15, 0.2) is 0 Å². The van der Waals surface area contributed by atoms with E-state index in [4.69, 9.17) is 4.74 Å². The van der Waals surface area contributed by atoms with E-state index in [1.807, 2.05) is 0 Å². The molecule has 0 atom stereocenters. The van der Waals surface area contributed by atoms with Crippen molar-refractivity contribution in [2.24, 2.45) is 7.05 Å². The molecule has 33 heavy (non-hydrogen) atoms. The third kappa shape index (κ3) is 4.85. The van der Waals surface area contributed by atoms with Gasteiger partial charge in [0.25, 0.3) is 17.4 Å². The summed E-state index contributed by atoms with van der Waals surface area (Å²) in [5, 5.41) is 2.56. The quantitative estimate of drug-likeness (QED) is 0.688. The van der Waals surface area contributed by atoms with Gasteiger partial charge in [0, 0.05) is 45.0 Å². The first-order valence-electron chi connectivity index (χ1n) is 10.8. The molecule has 0 unspecified atom stereocenters. The summed E-state index contributed by atoms with van der Waals surface area (Å²) in [4.78, 5) is 39.8. The van der Waals surface area contributed by atoms with Gasteiger partial charge in [-0.15, -0.1) is 0 Å². The Hall–Kier alpha value is -3.02. The van der Waals surface area contributed by atoms with Gasteiger partial charge < -0.3 is 19.5 Å². The minimum Gasteiger partial charge on any atom is -0.379 e. The van der Waals surface area contributed by atoms with Crippen LogP contribution < -0.4 is 10.9 Å². The minimum absolute atomic E-state index is 0.0161. The molecule has 2 amide bonds. The molecule has 2 aliphatic heterocycles. The van der Waals surface area contributed by atoms with E-state index in [9.17, 15) is 22.8 Å². The molecule has 3 heterocycles. The predicted molar refractivity (Wildman–Crippen MR) is 121 cm³/mol. The van der Waals surface area contributed by atoms with Crippen LogP contribution in [-0.2, 0) is 21.8 Å². The second-order valence-corrected chi connectivity index (χ2v) is 9.99. The molecular formula is C22H26N4O6S. The zero-order valence-corrected chi connectivity index (χ0v) is 19.1. The largest absolute Gasteiger partial charge is 0.379 e. The average molecular weight is 475 g/mol. The maximum Gasteiger partial charge on any atom is 0.274 e. The summed E-state index contributed by atoms with van der Waals surface area (Å²) in [7, 11) is -2.16. The molecule has 4 rings (SSSR count). The number of ether oxygens (including phenoxy) is 1. The number of carbonyl (C=O) groups is 2. The molecule has 10 nitrogen and oxygen atoms in total. The summed E-state index contributed by atoms with van der Waals surface area (Å²) in [5.74, 6) is -0.760. The van der Waals surface area contributed by atoms with Crippen LogP contribution in [-0.4, -0.2) is 73.4 Å². The third-order valence-electron chi connectivity index (χ3n) is 5.80. The van der Waals surface area contributed by atoms with Crippen molar-refractivity contribution in [2.45, 2.75) is 17.7 Å². The van der Waals surface area contributed by atoms with Gasteiger partial charge in [-0.25, -0.2) is 8.42 Å². The molecule has 2 aliphatic rings. The third-order valence-corrected chi connectivity index (χ3v) is 7.71. The monoisotopic (exact) mass is 474 g/mol. The number of morpholine rings is 1. The highest BCUT2D eigenvalue weighted by atomic mass is 32.2. The number of sulfonamides is 1. The zero-order valence-electron chi connectivity index (χ0n) is 18.3. The van der Waals surface area contributed by atoms with Gasteiger partial charge in [-0.05, 0) is 43.2 Å². The maximum atomic E-state index is 12.7. The van der Waals surface area contributed by atoms with Crippen LogP contribution in [0.5, 0.6) is 0 Å². The van der Waals surface area contributed by atoms with Crippen LogP contribution in [0, 0.1) is 0 Å². The van der Waals surface area contributed by atoms with E-state index in [0.29, 0.717) is 31.9 Å². The van der Waals surface area contributed by atoms with Gasteiger partial charge in [-0.1, -0.05) is 0 Å². The molecular weight excluding hydrogens is 448 g/mol. The first-order valence-corrected chi connectivity index (χ1v) is 12.2. The fraction of sp³-hybridized carbons (Fsp3) is 0.409. The van der Waals surface area contributed by atoms with Crippen molar-refractivity contribution in [1.29, 1.82) is 0 Å². The highest BCUT2D eigenvalue weighted by molar-refractivity contribution is 7.89. The molecule has 2 saturated heterocycles. The molecule has 2 aromatic rings. The molecule has 2 fully saturated rings. The van der Waals surface area contributed by atoms with Crippen LogP contribution in [0.25, 0.3) is 0 Å². The average Bonchev–Trinajstić information content (AvgIpc) is 3.37. The molecule has 0 bridgehead atoms. The Morgan fingerprint density at radius 1 is 0.970 bits per heavy atom. The Balaban J connectivity index is 1.52. The summed E-state index contributed by atoms with van der Waals surface area (Å²) in [6, 6.07) is 6.91. The number of amides is 2. The summed E-state index contributed by atoms with van der Waals surface area (Å²) >= 11 is 0. The van der Waals surface area contributed by atoms with E-state index >= 15 is 0 Å². The number of hydrogen-bond acceptors (Lipinski definition) is 6. The van der Waals surface area contributed by atoms with Crippen molar-refractivity contribution in [3.63, 3.8) is 0 Å². The molecule has 1 N–H and O–H groups in total. The lowest BCUT2D eigenvalue weighted by molar-refractivity contribution is 0.0730. The van der Waals surface area contributed by atoms with Crippen LogP contribution in [0.1, 0.15) is 33.6 Å². The Bertz CT molecular complexity index is 1210. The number of aromatic nitrogens is 1. The molecule has 0 aliphatic carbocycles. The van der Waals surface area contributed by atoms with Crippen molar-refractivity contribution in [1.82, 2.24) is 13.8 Å². The number of hydrogen-bond donors (Lipinski definition) is 1. The zero-order chi connectivity index (χ0) is 23.6. The topological polar surface area (TPSA) is 118 Å². The van der Waals surface area contributed by atoms with E-state index in [0.717, 1.165) is 12.8 Å². The molecule has 0 radical (unpaired) electrons. The van der Waals surface area contributed by atoms with Gasteiger partial charge in [-0.2, -0.15) is 4.31 Å². The number of benzene rings is 1. The molecule has 1 aromatic carbocycles. The number of likely N-dealkylation sites (tertiary alicyclic amines) is 1. The van der Waals surface area contributed by atoms with Crippen molar-refractivity contribution < 1.29 is 22.7 Å². The first kappa shape index (κ1) is 23.1. The summed E-state index contributed by atoms with van der Waals surface area (Å²) in [6.45, 7) is 2.58. The van der Waals surface area contributed by atoms with E-state index in [1.54, 1.807) is 4.90 Å². The van der Waals surface area contributed by atoms with Crippen molar-refractivity contribution in [3.05, 3.63) is 58.0 Å². The number of pyridine rings is 1. The van der Waals surface area contributed by atoms with Gasteiger partial charge in [0.05, 0.1) is 23.7 Å². The Kier molecular flexibility index (Phi) is 6.63. The van der Waals surface area contributed by atoms with E-state index in [1.165, 1.54) is 52.4 Å². The van der Waals surface area contributed by atoms with Gasteiger partial charge in [-0.3, -0.25) is 14.4 Å². The van der Waals surface area contributed by atoms with E-state index in [-0.39, 0.29) is 35.1 Å². The van der Waals surface area contributed by atoms with Gasteiger partial charge >= 0.3 is 0 Å². The second-order valence-electron chi connectivity index (χ2n) is 8.05. The number of nitrogens with one attached hydrogen (secondary N) is 1. The van der Waals surface area contributed by atoms with E-state index in [2.05, 4.69) is 5.32 Å². The van der Waals surface area contributed by atoms with Crippen LogP contribution in [0.4, 0.5) is 5.69 Å². The van der Waals surface area contributed by atoms with Crippen LogP contribution in [0.15, 0.2) is 46.2 Å². The van der Waals surface area contributed by atoms with Gasteiger partial charge in [0.1, 0.15) is 5.69 Å². The molecule has 0 spiro atoms.